The number of nitrogens with zero attached hydrogens (tertiary/aromatic N) is 4. The Morgan fingerprint density at radius 2 is 2.03 bits per heavy atom. The quantitative estimate of drug-likeness (QED) is 0.497. The van der Waals surface area contributed by atoms with E-state index in [1.54, 1.807) is 35.5 Å². The van der Waals surface area contributed by atoms with E-state index in [9.17, 15) is 9.59 Å². The Labute approximate surface area is 184 Å². The minimum atomic E-state index is -0.219. The van der Waals surface area contributed by atoms with Gasteiger partial charge in [0.2, 0.25) is 5.91 Å². The molecule has 1 aromatic carbocycles. The van der Waals surface area contributed by atoms with Gasteiger partial charge in [0.15, 0.2) is 5.65 Å². The minimum absolute atomic E-state index is 0.0105. The van der Waals surface area contributed by atoms with Gasteiger partial charge in [-0.1, -0.05) is 18.2 Å². The number of thiophene rings is 1. The lowest BCUT2D eigenvalue weighted by Crippen LogP contribution is -2.23. The van der Waals surface area contributed by atoms with E-state index in [0.717, 1.165) is 11.3 Å². The minimum Gasteiger partial charge on any atom is -0.342 e. The number of carbonyl (C=O) groups excluding carboxylic acids is 2. The van der Waals surface area contributed by atoms with Crippen molar-refractivity contribution in [3.05, 3.63) is 75.7 Å². The molecular formula is C23H23N5O2S. The third-order valence-electron chi connectivity index (χ3n) is 5.01. The molecule has 0 atom stereocenters. The lowest BCUT2D eigenvalue weighted by atomic mass is 10.1. The van der Waals surface area contributed by atoms with Crippen molar-refractivity contribution < 1.29 is 9.59 Å². The Morgan fingerprint density at radius 3 is 2.77 bits per heavy atom. The van der Waals surface area contributed by atoms with E-state index in [-0.39, 0.29) is 11.8 Å². The summed E-state index contributed by atoms with van der Waals surface area (Å²) in [6, 6.07) is 13.3. The molecule has 0 unspecified atom stereocenters. The molecule has 4 rings (SSSR count). The van der Waals surface area contributed by atoms with Crippen molar-refractivity contribution in [1.82, 2.24) is 19.7 Å². The van der Waals surface area contributed by atoms with E-state index in [1.165, 1.54) is 11.8 Å². The van der Waals surface area contributed by atoms with Crippen molar-refractivity contribution in [2.45, 2.75) is 26.9 Å². The van der Waals surface area contributed by atoms with Crippen LogP contribution in [0.25, 0.3) is 11.0 Å². The van der Waals surface area contributed by atoms with Gasteiger partial charge in [-0.05, 0) is 42.1 Å². The van der Waals surface area contributed by atoms with E-state index < -0.39 is 0 Å². The number of aryl methyl sites for hydroxylation is 1. The highest BCUT2D eigenvalue weighted by Gasteiger charge is 2.17. The summed E-state index contributed by atoms with van der Waals surface area (Å²) in [4.78, 5) is 32.0. The topological polar surface area (TPSA) is 80.1 Å². The van der Waals surface area contributed by atoms with Gasteiger partial charge in [0.05, 0.1) is 23.7 Å². The zero-order valence-corrected chi connectivity index (χ0v) is 18.4. The van der Waals surface area contributed by atoms with Crippen LogP contribution in [0.15, 0.2) is 54.0 Å². The number of amides is 2. The van der Waals surface area contributed by atoms with Crippen LogP contribution in [-0.2, 0) is 17.9 Å². The van der Waals surface area contributed by atoms with Crippen molar-refractivity contribution >= 4 is 39.9 Å². The Hall–Kier alpha value is -3.52. The van der Waals surface area contributed by atoms with Crippen LogP contribution in [0, 0.1) is 6.92 Å². The van der Waals surface area contributed by atoms with E-state index in [0.29, 0.717) is 35.4 Å². The summed E-state index contributed by atoms with van der Waals surface area (Å²) in [5.41, 5.74) is 3.59. The molecule has 0 fully saturated rings. The normalized spacial score (nSPS) is 10.9. The van der Waals surface area contributed by atoms with Crippen LogP contribution in [0.3, 0.4) is 0 Å². The molecule has 0 saturated carbocycles. The average molecular weight is 434 g/mol. The molecule has 1 N–H and O–H groups in total. The molecule has 0 bridgehead atoms. The molecule has 3 aromatic heterocycles. The fourth-order valence-corrected chi connectivity index (χ4v) is 4.04. The van der Waals surface area contributed by atoms with Crippen LogP contribution < -0.4 is 5.32 Å². The molecule has 4 aromatic rings. The predicted octanol–water partition coefficient (Wildman–Crippen LogP) is 4.08. The maximum Gasteiger partial charge on any atom is 0.256 e. The van der Waals surface area contributed by atoms with Crippen molar-refractivity contribution in [1.29, 1.82) is 0 Å². The molecular weight excluding hydrogens is 410 g/mol. The molecule has 2 amide bonds. The maximum atomic E-state index is 13.1. The first-order chi connectivity index (χ1) is 14.9. The number of anilines is 1. The summed E-state index contributed by atoms with van der Waals surface area (Å²) in [7, 11) is 1.75. The fraction of sp³-hybridized carbons (Fsp3) is 0.217. The molecule has 0 aliphatic rings. The number of hydrogen-bond acceptors (Lipinski definition) is 5. The summed E-state index contributed by atoms with van der Waals surface area (Å²) >= 11 is 1.66. The second kappa shape index (κ2) is 8.69. The Kier molecular flexibility index (Phi) is 5.81. The summed E-state index contributed by atoms with van der Waals surface area (Å²) < 4.78 is 1.82. The van der Waals surface area contributed by atoms with Gasteiger partial charge in [-0.3, -0.25) is 9.59 Å². The Morgan fingerprint density at radius 1 is 1.19 bits per heavy atom. The lowest BCUT2D eigenvalue weighted by Gasteiger charge is -2.15. The van der Waals surface area contributed by atoms with Crippen LogP contribution in [-0.4, -0.2) is 38.5 Å². The van der Waals surface area contributed by atoms with Gasteiger partial charge in [-0.15, -0.1) is 11.3 Å². The zero-order chi connectivity index (χ0) is 22.0. The first kappa shape index (κ1) is 20.7. The van der Waals surface area contributed by atoms with E-state index >= 15 is 0 Å². The molecule has 0 saturated heterocycles. The first-order valence-corrected chi connectivity index (χ1v) is 10.8. The number of rotatable bonds is 6. The van der Waals surface area contributed by atoms with Gasteiger partial charge in [0, 0.05) is 36.8 Å². The van der Waals surface area contributed by atoms with E-state index in [1.807, 2.05) is 47.3 Å². The van der Waals surface area contributed by atoms with E-state index in [2.05, 4.69) is 21.5 Å². The number of fused-ring (bicyclic) bond motifs is 1. The largest absolute Gasteiger partial charge is 0.342 e. The van der Waals surface area contributed by atoms with Crippen LogP contribution in [0.1, 0.15) is 33.4 Å². The first-order valence-electron chi connectivity index (χ1n) is 9.88. The molecule has 0 aliphatic carbocycles. The second-order valence-corrected chi connectivity index (χ2v) is 8.49. The second-order valence-electron chi connectivity index (χ2n) is 7.46. The van der Waals surface area contributed by atoms with Crippen LogP contribution in [0.2, 0.25) is 0 Å². The summed E-state index contributed by atoms with van der Waals surface area (Å²) in [6.07, 6.45) is 1.70. The number of hydrogen-bond donors (Lipinski definition) is 1. The SMILES string of the molecule is CC(=O)N(C)Cc1cccc(NC(=O)c2cc(C)nc3c2cnn3Cc2cccs2)c1. The van der Waals surface area contributed by atoms with Crippen molar-refractivity contribution in [2.75, 3.05) is 12.4 Å². The third-order valence-corrected chi connectivity index (χ3v) is 5.87. The molecule has 3 heterocycles. The predicted molar refractivity (Wildman–Crippen MR) is 122 cm³/mol. The van der Waals surface area contributed by atoms with Crippen molar-refractivity contribution in [2.24, 2.45) is 0 Å². The third kappa shape index (κ3) is 4.64. The molecule has 0 radical (unpaired) electrons. The molecule has 0 aliphatic heterocycles. The number of pyridine rings is 1. The Bertz CT molecular complexity index is 1250. The monoisotopic (exact) mass is 433 g/mol. The van der Waals surface area contributed by atoms with Crippen molar-refractivity contribution in [3.63, 3.8) is 0 Å². The average Bonchev–Trinajstić information content (AvgIpc) is 3.38. The van der Waals surface area contributed by atoms with Gasteiger partial charge in [0.25, 0.3) is 5.91 Å². The summed E-state index contributed by atoms with van der Waals surface area (Å²) in [5, 5.41) is 10.2. The molecule has 158 valence electrons. The van der Waals surface area contributed by atoms with Crippen LogP contribution in [0.5, 0.6) is 0 Å². The van der Waals surface area contributed by atoms with Gasteiger partial charge < -0.3 is 10.2 Å². The number of aromatic nitrogens is 3. The molecule has 8 heteroatoms. The summed E-state index contributed by atoms with van der Waals surface area (Å²) in [6.45, 7) is 4.50. The zero-order valence-electron chi connectivity index (χ0n) is 17.6. The number of nitrogens with one attached hydrogen (secondary N) is 1. The van der Waals surface area contributed by atoms with Gasteiger partial charge >= 0.3 is 0 Å². The molecule has 7 nitrogen and oxygen atoms in total. The van der Waals surface area contributed by atoms with Crippen LogP contribution in [0.4, 0.5) is 5.69 Å². The van der Waals surface area contributed by atoms with Crippen molar-refractivity contribution in [3.8, 4) is 0 Å². The van der Waals surface area contributed by atoms with Gasteiger partial charge in [-0.2, -0.15) is 5.10 Å². The number of carbonyl (C=O) groups is 2. The van der Waals surface area contributed by atoms with Crippen LogP contribution >= 0.6 is 11.3 Å². The highest BCUT2D eigenvalue weighted by molar-refractivity contribution is 7.09. The smallest absolute Gasteiger partial charge is 0.256 e. The fourth-order valence-electron chi connectivity index (χ4n) is 3.36. The van der Waals surface area contributed by atoms with E-state index in [4.69, 9.17) is 0 Å². The highest BCUT2D eigenvalue weighted by Crippen LogP contribution is 2.22. The highest BCUT2D eigenvalue weighted by atomic mass is 32.1. The Balaban J connectivity index is 1.60. The standard InChI is InChI=1S/C23H23N5O2S/c1-15-10-20(21-12-24-28(22(21)25-15)14-19-8-5-9-31-19)23(30)26-18-7-4-6-17(11-18)13-27(3)16(2)29/h4-12H,13-14H2,1-3H3,(H,26,30). The number of benzene rings is 1. The lowest BCUT2D eigenvalue weighted by molar-refractivity contribution is -0.128. The molecule has 0 spiro atoms. The van der Waals surface area contributed by atoms with Gasteiger partial charge in [0.1, 0.15) is 0 Å². The summed E-state index contributed by atoms with van der Waals surface area (Å²) in [5.74, 6) is -0.230. The van der Waals surface area contributed by atoms with Gasteiger partial charge in [-0.25, -0.2) is 9.67 Å². The molecule has 31 heavy (non-hydrogen) atoms. The maximum absolute atomic E-state index is 13.1.